The number of halogens is 1. The maximum absolute atomic E-state index is 12.1. The second-order valence-electron chi connectivity index (χ2n) is 4.37. The van der Waals surface area contributed by atoms with Gasteiger partial charge >= 0.3 is 0 Å². The summed E-state index contributed by atoms with van der Waals surface area (Å²) < 4.78 is 0. The quantitative estimate of drug-likeness (QED) is 0.670. The number of aromatic hydroxyl groups is 1. The van der Waals surface area contributed by atoms with Crippen LogP contribution in [0.5, 0.6) is 5.75 Å². The van der Waals surface area contributed by atoms with E-state index in [2.05, 4.69) is 5.32 Å². The lowest BCUT2D eigenvalue weighted by Gasteiger charge is -2.09. The Morgan fingerprint density at radius 1 is 1.29 bits per heavy atom. The van der Waals surface area contributed by atoms with E-state index in [9.17, 15) is 20.0 Å². The number of benzene rings is 2. The molecular weight excluding hydrogens is 296 g/mol. The van der Waals surface area contributed by atoms with Crippen LogP contribution >= 0.6 is 11.6 Å². The molecular formula is C14H11ClN2O4. The van der Waals surface area contributed by atoms with E-state index in [-0.39, 0.29) is 17.0 Å². The van der Waals surface area contributed by atoms with Crippen molar-refractivity contribution in [2.24, 2.45) is 0 Å². The van der Waals surface area contributed by atoms with E-state index in [0.717, 1.165) is 0 Å². The summed E-state index contributed by atoms with van der Waals surface area (Å²) in [6, 6.07) is 8.24. The number of aryl methyl sites for hydroxylation is 1. The van der Waals surface area contributed by atoms with Crippen molar-refractivity contribution in [3.63, 3.8) is 0 Å². The maximum atomic E-state index is 12.1. The van der Waals surface area contributed by atoms with Crippen molar-refractivity contribution in [2.75, 3.05) is 5.32 Å². The normalized spacial score (nSPS) is 10.2. The monoisotopic (exact) mass is 306 g/mol. The van der Waals surface area contributed by atoms with Gasteiger partial charge in [0.2, 0.25) is 0 Å². The largest absolute Gasteiger partial charge is 0.507 e. The molecule has 0 aliphatic heterocycles. The number of nitro benzene ring substituents is 1. The first-order chi connectivity index (χ1) is 9.88. The van der Waals surface area contributed by atoms with E-state index in [1.807, 2.05) is 0 Å². The number of hydrogen-bond donors (Lipinski definition) is 2. The van der Waals surface area contributed by atoms with Crippen molar-refractivity contribution in [3.05, 3.63) is 62.7 Å². The highest BCUT2D eigenvalue weighted by Gasteiger charge is 2.14. The third-order valence-electron chi connectivity index (χ3n) is 2.87. The van der Waals surface area contributed by atoms with Crippen molar-refractivity contribution in [3.8, 4) is 5.75 Å². The number of carbonyl (C=O) groups is 1. The molecule has 6 nitrogen and oxygen atoms in total. The van der Waals surface area contributed by atoms with E-state index in [0.29, 0.717) is 16.3 Å². The van der Waals surface area contributed by atoms with Crippen LogP contribution in [0.1, 0.15) is 15.9 Å². The highest BCUT2D eigenvalue weighted by molar-refractivity contribution is 6.31. The van der Waals surface area contributed by atoms with Crippen molar-refractivity contribution in [1.82, 2.24) is 0 Å². The molecule has 2 aromatic carbocycles. The van der Waals surface area contributed by atoms with Gasteiger partial charge in [0.1, 0.15) is 5.75 Å². The zero-order valence-electron chi connectivity index (χ0n) is 11.0. The molecule has 108 valence electrons. The minimum Gasteiger partial charge on any atom is -0.507 e. The van der Waals surface area contributed by atoms with Gasteiger partial charge in [-0.25, -0.2) is 0 Å². The van der Waals surface area contributed by atoms with Crippen LogP contribution < -0.4 is 5.32 Å². The third-order valence-corrected chi connectivity index (χ3v) is 3.11. The van der Waals surface area contributed by atoms with Crippen molar-refractivity contribution in [1.29, 1.82) is 0 Å². The number of rotatable bonds is 3. The molecule has 2 rings (SSSR count). The van der Waals surface area contributed by atoms with Gasteiger partial charge in [0, 0.05) is 22.8 Å². The first kappa shape index (κ1) is 14.8. The molecule has 0 aromatic heterocycles. The van der Waals surface area contributed by atoms with E-state index < -0.39 is 10.8 Å². The topological polar surface area (TPSA) is 92.5 Å². The number of phenols is 1. The third kappa shape index (κ3) is 3.29. The van der Waals surface area contributed by atoms with Crippen molar-refractivity contribution in [2.45, 2.75) is 6.92 Å². The molecule has 0 radical (unpaired) electrons. The van der Waals surface area contributed by atoms with Crippen LogP contribution in [0.4, 0.5) is 11.4 Å². The Kier molecular flexibility index (Phi) is 4.09. The summed E-state index contributed by atoms with van der Waals surface area (Å²) in [6.07, 6.45) is 0. The SMILES string of the molecule is Cc1cc([N+](=O)[O-])ccc1NC(=O)c1ccc(Cl)cc1O. The van der Waals surface area contributed by atoms with E-state index in [1.54, 1.807) is 6.92 Å². The van der Waals surface area contributed by atoms with E-state index in [4.69, 9.17) is 11.6 Å². The number of nitrogens with zero attached hydrogens (tertiary/aromatic N) is 1. The molecule has 0 aliphatic rings. The number of nitrogens with one attached hydrogen (secondary N) is 1. The zero-order chi connectivity index (χ0) is 15.6. The highest BCUT2D eigenvalue weighted by Crippen LogP contribution is 2.25. The Bertz CT molecular complexity index is 731. The number of phenolic OH excluding ortho intramolecular Hbond substituents is 1. The second-order valence-corrected chi connectivity index (χ2v) is 4.81. The second kappa shape index (κ2) is 5.80. The van der Waals surface area contributed by atoms with Crippen molar-refractivity contribution < 1.29 is 14.8 Å². The first-order valence-corrected chi connectivity index (χ1v) is 6.31. The molecule has 0 aliphatic carbocycles. The smallest absolute Gasteiger partial charge is 0.269 e. The number of hydrogen-bond acceptors (Lipinski definition) is 4. The lowest BCUT2D eigenvalue weighted by molar-refractivity contribution is -0.384. The molecule has 21 heavy (non-hydrogen) atoms. The van der Waals surface area contributed by atoms with E-state index >= 15 is 0 Å². The summed E-state index contributed by atoms with van der Waals surface area (Å²) in [7, 11) is 0. The molecule has 0 spiro atoms. The minimum atomic E-state index is -0.527. The fourth-order valence-electron chi connectivity index (χ4n) is 1.79. The molecule has 0 unspecified atom stereocenters. The summed E-state index contributed by atoms with van der Waals surface area (Å²) in [5.74, 6) is -0.763. The lowest BCUT2D eigenvalue weighted by atomic mass is 10.1. The Balaban J connectivity index is 2.25. The lowest BCUT2D eigenvalue weighted by Crippen LogP contribution is -2.13. The molecule has 7 heteroatoms. The summed E-state index contributed by atoms with van der Waals surface area (Å²) in [4.78, 5) is 22.2. The number of non-ortho nitro benzene ring substituents is 1. The molecule has 0 heterocycles. The fourth-order valence-corrected chi connectivity index (χ4v) is 1.95. The molecule has 0 saturated carbocycles. The standard InChI is InChI=1S/C14H11ClN2O4/c1-8-6-10(17(20)21)3-5-12(8)16-14(19)11-4-2-9(15)7-13(11)18/h2-7,18H,1H3,(H,16,19). The van der Waals surface area contributed by atoms with Gasteiger partial charge in [-0.05, 0) is 36.8 Å². The van der Waals surface area contributed by atoms with Crippen LogP contribution in [-0.2, 0) is 0 Å². The van der Waals surface area contributed by atoms with Gasteiger partial charge < -0.3 is 10.4 Å². The van der Waals surface area contributed by atoms with E-state index in [1.165, 1.54) is 36.4 Å². The molecule has 2 N–H and O–H groups in total. The minimum absolute atomic E-state index is 0.0557. The van der Waals surface area contributed by atoms with Crippen LogP contribution in [0.2, 0.25) is 5.02 Å². The predicted molar refractivity (Wildman–Crippen MR) is 78.9 cm³/mol. The van der Waals surface area contributed by atoms with Gasteiger partial charge in [-0.15, -0.1) is 0 Å². The molecule has 2 aromatic rings. The zero-order valence-corrected chi connectivity index (χ0v) is 11.7. The van der Waals surface area contributed by atoms with Gasteiger partial charge in [-0.2, -0.15) is 0 Å². The van der Waals surface area contributed by atoms with Gasteiger partial charge in [0.05, 0.1) is 10.5 Å². The number of anilines is 1. The number of amides is 1. The molecule has 0 saturated heterocycles. The summed E-state index contributed by atoms with van der Waals surface area (Å²) >= 11 is 5.70. The fraction of sp³-hybridized carbons (Fsp3) is 0.0714. The highest BCUT2D eigenvalue weighted by atomic mass is 35.5. The molecule has 0 bridgehead atoms. The van der Waals surface area contributed by atoms with Gasteiger partial charge in [0.25, 0.3) is 11.6 Å². The average molecular weight is 307 g/mol. The summed E-state index contributed by atoms with van der Waals surface area (Å²) in [5, 5.41) is 23.3. The maximum Gasteiger partial charge on any atom is 0.269 e. The van der Waals surface area contributed by atoms with Crippen LogP contribution in [0.15, 0.2) is 36.4 Å². The summed E-state index contributed by atoms with van der Waals surface area (Å²) in [5.41, 5.74) is 0.989. The number of carbonyl (C=O) groups excluding carboxylic acids is 1. The predicted octanol–water partition coefficient (Wildman–Crippen LogP) is 3.51. The molecule has 0 atom stereocenters. The van der Waals surface area contributed by atoms with Gasteiger partial charge in [0.15, 0.2) is 0 Å². The Labute approximate surface area is 125 Å². The Morgan fingerprint density at radius 3 is 2.57 bits per heavy atom. The van der Waals surface area contributed by atoms with Crippen LogP contribution in [0.3, 0.4) is 0 Å². The summed E-state index contributed by atoms with van der Waals surface area (Å²) in [6.45, 7) is 1.64. The molecule has 1 amide bonds. The average Bonchev–Trinajstić information content (AvgIpc) is 2.40. The molecule has 0 fully saturated rings. The van der Waals surface area contributed by atoms with Gasteiger partial charge in [-0.1, -0.05) is 11.6 Å². The van der Waals surface area contributed by atoms with Crippen LogP contribution in [-0.4, -0.2) is 15.9 Å². The first-order valence-electron chi connectivity index (χ1n) is 5.93. The number of nitro groups is 1. The van der Waals surface area contributed by atoms with Crippen molar-refractivity contribution >= 4 is 28.9 Å². The van der Waals surface area contributed by atoms with Gasteiger partial charge in [-0.3, -0.25) is 14.9 Å². The Morgan fingerprint density at radius 2 is 2.00 bits per heavy atom. The van der Waals surface area contributed by atoms with Crippen LogP contribution in [0, 0.1) is 17.0 Å². The van der Waals surface area contributed by atoms with Crippen LogP contribution in [0.25, 0.3) is 0 Å². The Hall–Kier alpha value is -2.60.